The molecule has 0 N–H and O–H groups in total. The second-order valence-corrected chi connectivity index (χ2v) is 7.62. The molecule has 0 aromatic carbocycles. The molecule has 0 bridgehead atoms. The molecule has 21 heavy (non-hydrogen) atoms. The molecule has 0 aromatic rings. The van der Waals surface area contributed by atoms with Crippen LogP contribution in [0.4, 0.5) is 0 Å². The summed E-state index contributed by atoms with van der Waals surface area (Å²) in [5, 5.41) is -0.329. The SMILES string of the molecule is CC(C)(C)[P+](=C=O)C#CC1C=CC(=C=O)C(=C=O)C1=C=O. The molecule has 1 aliphatic rings. The Bertz CT molecular complexity index is 757. The monoisotopic (exact) mass is 299 g/mol. The fourth-order valence-electron chi connectivity index (χ4n) is 1.56. The van der Waals surface area contributed by atoms with Gasteiger partial charge in [-0.2, -0.15) is 4.79 Å². The Morgan fingerprint density at radius 3 is 2.14 bits per heavy atom. The Labute approximate surface area is 123 Å². The first-order valence-corrected chi connectivity index (χ1v) is 7.36. The fraction of sp³-hybridized carbons (Fsp3) is 0.312. The molecule has 0 amide bonds. The molecule has 0 fully saturated rings. The third kappa shape index (κ3) is 3.76. The van der Waals surface area contributed by atoms with Crippen LogP contribution in [0.2, 0.25) is 0 Å². The highest BCUT2D eigenvalue weighted by Crippen LogP contribution is 2.37. The molecule has 0 saturated carbocycles. The van der Waals surface area contributed by atoms with Crippen molar-refractivity contribution in [2.75, 3.05) is 0 Å². The van der Waals surface area contributed by atoms with E-state index in [1.54, 1.807) is 17.8 Å². The zero-order valence-corrected chi connectivity index (χ0v) is 12.7. The van der Waals surface area contributed by atoms with Crippen LogP contribution in [0.25, 0.3) is 0 Å². The number of carbonyl (C=O) groups excluding carboxylic acids is 4. The van der Waals surface area contributed by atoms with E-state index in [0.29, 0.717) is 0 Å². The maximum atomic E-state index is 11.0. The van der Waals surface area contributed by atoms with Crippen LogP contribution in [0.5, 0.6) is 0 Å². The van der Waals surface area contributed by atoms with E-state index in [0.717, 1.165) is 0 Å². The van der Waals surface area contributed by atoms with Gasteiger partial charge in [-0.15, -0.1) is 0 Å². The molecule has 0 aromatic heterocycles. The molecule has 1 rings (SSSR count). The highest BCUT2D eigenvalue weighted by atomic mass is 31.1. The first-order chi connectivity index (χ1) is 9.88. The number of allylic oxidation sites excluding steroid dienone is 5. The van der Waals surface area contributed by atoms with Crippen molar-refractivity contribution in [2.24, 2.45) is 5.92 Å². The van der Waals surface area contributed by atoms with E-state index < -0.39 is 13.5 Å². The molecular formula is C16H12O4P+. The van der Waals surface area contributed by atoms with Crippen molar-refractivity contribution in [3.8, 4) is 11.6 Å². The van der Waals surface area contributed by atoms with Gasteiger partial charge in [-0.1, -0.05) is 6.08 Å². The summed E-state index contributed by atoms with van der Waals surface area (Å²) < 4.78 is 0. The van der Waals surface area contributed by atoms with Crippen molar-refractivity contribution in [1.82, 2.24) is 0 Å². The summed E-state index contributed by atoms with van der Waals surface area (Å²) in [4.78, 5) is 43.6. The highest BCUT2D eigenvalue weighted by Gasteiger charge is 2.30. The molecule has 4 nitrogen and oxygen atoms in total. The first-order valence-electron chi connectivity index (χ1n) is 6.02. The van der Waals surface area contributed by atoms with Crippen LogP contribution in [0.3, 0.4) is 0 Å². The van der Waals surface area contributed by atoms with E-state index in [9.17, 15) is 19.2 Å². The smallest absolute Gasteiger partial charge is 0.233 e. The topological polar surface area (TPSA) is 68.3 Å². The lowest BCUT2D eigenvalue weighted by atomic mass is 9.85. The summed E-state index contributed by atoms with van der Waals surface area (Å²) >= 11 is 0. The zero-order valence-electron chi connectivity index (χ0n) is 11.8. The third-order valence-electron chi connectivity index (χ3n) is 2.72. The van der Waals surface area contributed by atoms with Crippen LogP contribution in [0, 0.1) is 17.5 Å². The molecule has 0 heterocycles. The van der Waals surface area contributed by atoms with Gasteiger partial charge < -0.3 is 0 Å². The summed E-state index contributed by atoms with van der Waals surface area (Å²) in [5.41, 5.74) is 4.43. The normalized spacial score (nSPS) is 17.8. The van der Waals surface area contributed by atoms with Crippen LogP contribution in [0.1, 0.15) is 20.8 Å². The van der Waals surface area contributed by atoms with Crippen LogP contribution in [0.15, 0.2) is 28.9 Å². The van der Waals surface area contributed by atoms with Crippen molar-refractivity contribution >= 4 is 31.0 Å². The van der Waals surface area contributed by atoms with Crippen molar-refractivity contribution in [1.29, 1.82) is 0 Å². The second-order valence-electron chi connectivity index (χ2n) is 5.20. The van der Waals surface area contributed by atoms with Crippen LogP contribution in [-0.2, 0) is 19.2 Å². The van der Waals surface area contributed by atoms with E-state index >= 15 is 0 Å². The molecular weight excluding hydrogens is 287 g/mol. The molecule has 1 aliphatic carbocycles. The zero-order chi connectivity index (χ0) is 16.0. The molecule has 0 aliphatic heterocycles. The minimum atomic E-state index is -1.32. The Balaban J connectivity index is 3.36. The van der Waals surface area contributed by atoms with Gasteiger partial charge in [-0.3, -0.25) is 0 Å². The van der Waals surface area contributed by atoms with Gasteiger partial charge in [0.1, 0.15) is 23.0 Å². The van der Waals surface area contributed by atoms with Crippen molar-refractivity contribution in [2.45, 2.75) is 25.9 Å². The van der Waals surface area contributed by atoms with E-state index in [2.05, 4.69) is 11.6 Å². The number of hydrogen-bond acceptors (Lipinski definition) is 4. The number of hydrogen-bond donors (Lipinski definition) is 0. The van der Waals surface area contributed by atoms with Crippen molar-refractivity contribution in [3.05, 3.63) is 28.9 Å². The molecule has 0 saturated heterocycles. The maximum absolute atomic E-state index is 11.0. The summed E-state index contributed by atoms with van der Waals surface area (Å²) in [6.45, 7) is 5.61. The van der Waals surface area contributed by atoms with E-state index in [4.69, 9.17) is 0 Å². The average molecular weight is 299 g/mol. The maximum Gasteiger partial charge on any atom is 0.347 e. The first kappa shape index (κ1) is 16.6. The van der Waals surface area contributed by atoms with Gasteiger partial charge in [0.15, 0.2) is 5.66 Å². The van der Waals surface area contributed by atoms with Gasteiger partial charge in [-0.05, 0) is 32.8 Å². The highest BCUT2D eigenvalue weighted by molar-refractivity contribution is 7.62. The molecule has 5 heteroatoms. The molecule has 0 radical (unpaired) electrons. The van der Waals surface area contributed by atoms with Gasteiger partial charge in [0.05, 0.1) is 22.6 Å². The average Bonchev–Trinajstić information content (AvgIpc) is 2.45. The van der Waals surface area contributed by atoms with E-state index in [-0.39, 0.29) is 21.9 Å². The van der Waals surface area contributed by atoms with E-state index in [1.165, 1.54) is 12.2 Å². The lowest BCUT2D eigenvalue weighted by Crippen LogP contribution is -2.10. The van der Waals surface area contributed by atoms with Gasteiger partial charge in [-0.25, -0.2) is 14.4 Å². The van der Waals surface area contributed by atoms with Crippen molar-refractivity contribution < 1.29 is 19.2 Å². The Morgan fingerprint density at radius 2 is 1.71 bits per heavy atom. The summed E-state index contributed by atoms with van der Waals surface area (Å²) in [7, 11) is -1.32. The Morgan fingerprint density at radius 1 is 1.05 bits per heavy atom. The summed E-state index contributed by atoms with van der Waals surface area (Å²) in [5.74, 6) is 6.81. The predicted molar refractivity (Wildman–Crippen MR) is 80.4 cm³/mol. The molecule has 2 atom stereocenters. The van der Waals surface area contributed by atoms with Crippen LogP contribution in [-0.4, -0.2) is 28.6 Å². The van der Waals surface area contributed by atoms with Crippen molar-refractivity contribution in [3.63, 3.8) is 0 Å². The van der Waals surface area contributed by atoms with Gasteiger partial charge in [0.2, 0.25) is 0 Å². The Kier molecular flexibility index (Phi) is 5.37. The lowest BCUT2D eigenvalue weighted by Gasteiger charge is -2.12. The summed E-state index contributed by atoms with van der Waals surface area (Å²) in [6, 6.07) is 0. The molecule has 2 unspecified atom stereocenters. The Hall–Kier alpha value is -2.47. The lowest BCUT2D eigenvalue weighted by molar-refractivity contribution is 0.561. The minimum absolute atomic E-state index is 0.0542. The second kappa shape index (κ2) is 6.81. The molecule has 0 spiro atoms. The van der Waals surface area contributed by atoms with Gasteiger partial charge in [0.25, 0.3) is 7.55 Å². The van der Waals surface area contributed by atoms with Gasteiger partial charge >= 0.3 is 5.66 Å². The number of rotatable bonds is 0. The third-order valence-corrected chi connectivity index (χ3v) is 4.60. The fourth-order valence-corrected chi connectivity index (χ4v) is 2.49. The standard InChI is InChI=1S/C16H12O4P/c1-16(2,3)21(11-20)7-6-12-4-5-13(8-17)15(10-19)14(12)9-18/h4-5,12H,1-3H3/q+1. The summed E-state index contributed by atoms with van der Waals surface area (Å²) in [6.07, 6.45) is 2.85. The quantitative estimate of drug-likeness (QED) is 0.388. The van der Waals surface area contributed by atoms with Crippen LogP contribution < -0.4 is 0 Å². The van der Waals surface area contributed by atoms with Gasteiger partial charge in [0, 0.05) is 0 Å². The largest absolute Gasteiger partial charge is 0.347 e. The minimum Gasteiger partial charge on any atom is -0.233 e. The van der Waals surface area contributed by atoms with E-state index in [1.807, 2.05) is 26.4 Å². The van der Waals surface area contributed by atoms with Crippen LogP contribution >= 0.6 is 7.55 Å². The predicted octanol–water partition coefficient (Wildman–Crippen LogP) is 1.75. The molecule has 104 valence electrons.